The fraction of sp³-hybridized carbons (Fsp3) is 0.292. The van der Waals surface area contributed by atoms with Gasteiger partial charge < -0.3 is 21.3 Å². The van der Waals surface area contributed by atoms with Crippen molar-refractivity contribution in [1.82, 2.24) is 14.9 Å². The first-order chi connectivity index (χ1) is 15.4. The van der Waals surface area contributed by atoms with Crippen molar-refractivity contribution in [2.45, 2.75) is 26.7 Å². The predicted molar refractivity (Wildman–Crippen MR) is 129 cm³/mol. The second kappa shape index (κ2) is 9.54. The number of hydrogen-bond donors (Lipinski definition) is 3. The van der Waals surface area contributed by atoms with Crippen molar-refractivity contribution in [2.75, 3.05) is 30.3 Å². The summed E-state index contributed by atoms with van der Waals surface area (Å²) in [7, 11) is 0. The smallest absolute Gasteiger partial charge is 0.250 e. The average Bonchev–Trinajstić information content (AvgIpc) is 2.99. The Morgan fingerprint density at radius 2 is 1.94 bits per heavy atom. The fourth-order valence-corrected chi connectivity index (χ4v) is 4.11. The van der Waals surface area contributed by atoms with Crippen LogP contribution in [0.15, 0.2) is 42.6 Å². The number of para-hydroxylation sites is 1. The maximum absolute atomic E-state index is 11.8. The van der Waals surface area contributed by atoms with E-state index in [2.05, 4.69) is 50.6 Å². The number of aromatic nitrogens is 2. The van der Waals surface area contributed by atoms with Crippen molar-refractivity contribution < 1.29 is 4.79 Å². The van der Waals surface area contributed by atoms with Gasteiger partial charge >= 0.3 is 0 Å². The highest BCUT2D eigenvalue weighted by molar-refractivity contribution is 6.33. The molecule has 0 aliphatic carbocycles. The topological polar surface area (TPSA) is 96.2 Å². The molecule has 1 amide bonds. The number of hydrogen-bond acceptors (Lipinski definition) is 6. The molecule has 0 spiro atoms. The Hall–Kier alpha value is -3.16. The van der Waals surface area contributed by atoms with Gasteiger partial charge in [-0.3, -0.25) is 4.79 Å². The molecule has 4 N–H and O–H groups in total. The molecule has 0 bridgehead atoms. The summed E-state index contributed by atoms with van der Waals surface area (Å²) in [5.74, 6) is 0.288. The van der Waals surface area contributed by atoms with Gasteiger partial charge in [-0.2, -0.15) is 4.98 Å². The number of fused-ring (bicyclic) bond motifs is 1. The van der Waals surface area contributed by atoms with Gasteiger partial charge in [-0.05, 0) is 61.2 Å². The van der Waals surface area contributed by atoms with E-state index in [1.165, 1.54) is 17.3 Å². The maximum Gasteiger partial charge on any atom is 0.250 e. The van der Waals surface area contributed by atoms with E-state index in [1.807, 2.05) is 13.0 Å². The number of carbonyl (C=O) groups excluding carboxylic acids is 1. The van der Waals surface area contributed by atoms with Crippen LogP contribution in [0.2, 0.25) is 5.02 Å². The van der Waals surface area contributed by atoms with Gasteiger partial charge in [0.2, 0.25) is 5.95 Å². The zero-order chi connectivity index (χ0) is 22.7. The lowest BCUT2D eigenvalue weighted by Crippen LogP contribution is -2.25. The van der Waals surface area contributed by atoms with Gasteiger partial charge in [0.05, 0.1) is 17.4 Å². The monoisotopic (exact) mass is 450 g/mol. The number of nitrogens with two attached hydrogens (primary N) is 1. The van der Waals surface area contributed by atoms with Gasteiger partial charge in [-0.15, -0.1) is 0 Å². The van der Waals surface area contributed by atoms with Crippen LogP contribution in [0.3, 0.4) is 0 Å². The van der Waals surface area contributed by atoms with Gasteiger partial charge in [0.25, 0.3) is 5.91 Å². The Balaban J connectivity index is 1.57. The lowest BCUT2D eigenvalue weighted by Gasteiger charge is -2.16. The van der Waals surface area contributed by atoms with E-state index in [9.17, 15) is 4.79 Å². The first-order valence-electron chi connectivity index (χ1n) is 10.7. The van der Waals surface area contributed by atoms with Gasteiger partial charge in [0.15, 0.2) is 5.82 Å². The Labute approximate surface area is 193 Å². The van der Waals surface area contributed by atoms with Crippen LogP contribution in [0.4, 0.5) is 23.1 Å². The molecule has 8 heteroatoms. The van der Waals surface area contributed by atoms with Crippen LogP contribution in [0.5, 0.6) is 0 Å². The molecule has 32 heavy (non-hydrogen) atoms. The Morgan fingerprint density at radius 3 is 2.69 bits per heavy atom. The molecule has 0 radical (unpaired) electrons. The lowest BCUT2D eigenvalue weighted by molar-refractivity contribution is 0.100. The minimum Gasteiger partial charge on any atom is -0.366 e. The van der Waals surface area contributed by atoms with E-state index < -0.39 is 5.91 Å². The molecule has 1 aliphatic heterocycles. The Morgan fingerprint density at radius 1 is 1.16 bits per heavy atom. The summed E-state index contributed by atoms with van der Waals surface area (Å²) in [6, 6.07) is 11.7. The molecular weight excluding hydrogens is 424 g/mol. The van der Waals surface area contributed by atoms with Crippen LogP contribution < -0.4 is 16.4 Å². The number of anilines is 4. The second-order valence-electron chi connectivity index (χ2n) is 7.92. The molecule has 2 aromatic carbocycles. The Kier molecular flexibility index (Phi) is 6.58. The summed E-state index contributed by atoms with van der Waals surface area (Å²) in [5, 5.41) is 6.78. The summed E-state index contributed by atoms with van der Waals surface area (Å²) >= 11 is 6.34. The van der Waals surface area contributed by atoms with Crippen molar-refractivity contribution in [3.63, 3.8) is 0 Å². The van der Waals surface area contributed by atoms with E-state index in [0.29, 0.717) is 28.0 Å². The molecule has 4 rings (SSSR count). The van der Waals surface area contributed by atoms with Crippen LogP contribution in [-0.2, 0) is 12.8 Å². The number of likely N-dealkylation sites (N-methyl/N-ethyl adjacent to an activating group) is 1. The number of halogens is 1. The van der Waals surface area contributed by atoms with Crippen molar-refractivity contribution in [3.8, 4) is 0 Å². The number of aryl methyl sites for hydroxylation is 1. The zero-order valence-electron chi connectivity index (χ0n) is 18.3. The minimum atomic E-state index is -0.522. The van der Waals surface area contributed by atoms with E-state index in [4.69, 9.17) is 17.3 Å². The van der Waals surface area contributed by atoms with Gasteiger partial charge in [0, 0.05) is 18.8 Å². The molecule has 0 saturated heterocycles. The van der Waals surface area contributed by atoms with Crippen LogP contribution in [0, 0.1) is 6.92 Å². The normalized spacial score (nSPS) is 13.8. The summed E-state index contributed by atoms with van der Waals surface area (Å²) < 4.78 is 0. The summed E-state index contributed by atoms with van der Waals surface area (Å²) in [5.41, 5.74) is 11.0. The number of benzene rings is 2. The van der Waals surface area contributed by atoms with E-state index in [0.717, 1.165) is 43.7 Å². The van der Waals surface area contributed by atoms with E-state index in [-0.39, 0.29) is 0 Å². The van der Waals surface area contributed by atoms with Crippen LogP contribution in [-0.4, -0.2) is 40.4 Å². The largest absolute Gasteiger partial charge is 0.366 e. The molecule has 0 saturated carbocycles. The molecular formula is C24H27ClN6O. The van der Waals surface area contributed by atoms with Crippen molar-refractivity contribution >= 4 is 40.6 Å². The molecule has 0 atom stereocenters. The molecule has 3 aromatic rings. The highest BCUT2D eigenvalue weighted by atomic mass is 35.5. The number of nitrogens with zero attached hydrogens (tertiary/aromatic N) is 3. The highest BCUT2D eigenvalue weighted by Gasteiger charge is 2.15. The number of amides is 1. The number of rotatable bonds is 6. The Bertz CT molecular complexity index is 1150. The van der Waals surface area contributed by atoms with Crippen molar-refractivity contribution in [2.24, 2.45) is 5.73 Å². The minimum absolute atomic E-state index is 0.343. The fourth-order valence-electron chi connectivity index (χ4n) is 3.97. The third-order valence-corrected chi connectivity index (χ3v) is 6.11. The second-order valence-corrected chi connectivity index (χ2v) is 8.33. The third kappa shape index (κ3) is 4.84. The van der Waals surface area contributed by atoms with E-state index in [1.54, 1.807) is 12.1 Å². The zero-order valence-corrected chi connectivity index (χ0v) is 19.0. The lowest BCUT2D eigenvalue weighted by atomic mass is 10.0. The van der Waals surface area contributed by atoms with Crippen molar-refractivity contribution in [3.05, 3.63) is 69.9 Å². The molecule has 7 nitrogen and oxygen atoms in total. The maximum atomic E-state index is 11.8. The molecule has 1 aromatic heterocycles. The summed E-state index contributed by atoms with van der Waals surface area (Å²) in [4.78, 5) is 23.2. The highest BCUT2D eigenvalue weighted by Crippen LogP contribution is 2.29. The quantitative estimate of drug-likeness (QED) is 0.513. The third-order valence-electron chi connectivity index (χ3n) is 5.83. The predicted octanol–water partition coefficient (Wildman–Crippen LogP) is 4.45. The van der Waals surface area contributed by atoms with Crippen molar-refractivity contribution in [1.29, 1.82) is 0 Å². The van der Waals surface area contributed by atoms with Gasteiger partial charge in [0.1, 0.15) is 5.02 Å². The van der Waals surface area contributed by atoms with Gasteiger partial charge in [-0.25, -0.2) is 4.98 Å². The number of carbonyl (C=O) groups is 1. The van der Waals surface area contributed by atoms with Crippen LogP contribution in [0.25, 0.3) is 0 Å². The SMILES string of the molecule is CCN1CCc2ccc(Nc3ncc(Cl)c(Nc4c(C)cccc4C(N)=O)n3)cc2CC1. The molecule has 0 unspecified atom stereocenters. The van der Waals surface area contributed by atoms with Gasteiger partial charge in [-0.1, -0.05) is 36.7 Å². The van der Waals surface area contributed by atoms with Crippen LogP contribution in [0.1, 0.15) is 34.0 Å². The average molecular weight is 451 g/mol. The number of primary amides is 1. The summed E-state index contributed by atoms with van der Waals surface area (Å²) in [6.45, 7) is 7.33. The standard InChI is InChI=1S/C24H27ClN6O/c1-3-31-11-9-16-7-8-18(13-17(16)10-12-31)28-24-27-14-20(25)23(30-24)29-21-15(2)5-4-6-19(21)22(26)32/h4-8,13-14H,3,9-12H2,1-2H3,(H2,26,32)(H2,27,28,29,30). The molecule has 2 heterocycles. The first kappa shape index (κ1) is 22.0. The molecule has 1 aliphatic rings. The van der Waals surface area contributed by atoms with E-state index >= 15 is 0 Å². The van der Waals surface area contributed by atoms with Crippen LogP contribution >= 0.6 is 11.6 Å². The number of nitrogens with one attached hydrogen (secondary N) is 2. The summed E-state index contributed by atoms with van der Waals surface area (Å²) in [6.07, 6.45) is 3.62. The first-order valence-corrected chi connectivity index (χ1v) is 11.1. The molecule has 0 fully saturated rings. The molecule has 166 valence electrons.